The Balaban J connectivity index is 1.59. The smallest absolute Gasteiger partial charge is 0.360 e. The summed E-state index contributed by atoms with van der Waals surface area (Å²) in [5.41, 5.74) is 1.18. The molecule has 3 aromatic rings. The number of imidazole rings is 1. The maximum Gasteiger partial charge on any atom is 0.416 e. The van der Waals surface area contributed by atoms with E-state index in [0.29, 0.717) is 24.7 Å². The molecule has 0 N–H and O–H groups in total. The van der Waals surface area contributed by atoms with Gasteiger partial charge in [0.05, 0.1) is 35.2 Å². The van der Waals surface area contributed by atoms with Gasteiger partial charge in [-0.15, -0.1) is 0 Å². The summed E-state index contributed by atoms with van der Waals surface area (Å²) >= 11 is 6.18. The highest BCUT2D eigenvalue weighted by Gasteiger charge is 2.33. The maximum absolute atomic E-state index is 13.2. The summed E-state index contributed by atoms with van der Waals surface area (Å²) in [6.07, 6.45) is 0.542. The first-order valence-electron chi connectivity index (χ1n) is 8.33. The van der Waals surface area contributed by atoms with Crippen molar-refractivity contribution in [2.24, 2.45) is 0 Å². The van der Waals surface area contributed by atoms with Crippen LogP contribution in [0.2, 0.25) is 5.02 Å². The van der Waals surface area contributed by atoms with Gasteiger partial charge in [-0.25, -0.2) is 4.98 Å². The van der Waals surface area contributed by atoms with Crippen molar-refractivity contribution >= 4 is 17.3 Å². The van der Waals surface area contributed by atoms with E-state index in [9.17, 15) is 13.2 Å². The topological polar surface area (TPSA) is 46.8 Å². The van der Waals surface area contributed by atoms with Crippen molar-refractivity contribution in [1.82, 2.24) is 19.7 Å². The molecular weight excluding hydrogens is 379 g/mol. The van der Waals surface area contributed by atoms with Crippen molar-refractivity contribution in [2.45, 2.75) is 25.7 Å². The Morgan fingerprint density at radius 1 is 1.04 bits per heavy atom. The molecule has 1 aliphatic rings. The summed E-state index contributed by atoms with van der Waals surface area (Å²) in [5, 5.41) is 8.11. The van der Waals surface area contributed by atoms with Gasteiger partial charge in [-0.3, -0.25) is 0 Å². The lowest BCUT2D eigenvalue weighted by Gasteiger charge is -2.30. The van der Waals surface area contributed by atoms with Gasteiger partial charge >= 0.3 is 6.18 Å². The number of nitrogens with zero attached hydrogens (tertiary/aromatic N) is 5. The summed E-state index contributed by atoms with van der Waals surface area (Å²) in [7, 11) is 0. The molecule has 3 heterocycles. The Morgan fingerprint density at radius 3 is 2.59 bits per heavy atom. The van der Waals surface area contributed by atoms with E-state index in [1.807, 2.05) is 9.47 Å². The van der Waals surface area contributed by atoms with Crippen LogP contribution in [0.5, 0.6) is 0 Å². The average Bonchev–Trinajstić information content (AvgIpc) is 3.04. The van der Waals surface area contributed by atoms with Crippen LogP contribution >= 0.6 is 11.6 Å². The van der Waals surface area contributed by atoms with E-state index in [1.165, 1.54) is 18.3 Å². The minimum absolute atomic E-state index is 0.181. The Bertz CT molecular complexity index is 970. The summed E-state index contributed by atoms with van der Waals surface area (Å²) in [5.74, 6) is 0.786. The monoisotopic (exact) mass is 393 g/mol. The third-order valence-electron chi connectivity index (χ3n) is 4.64. The molecule has 140 valence electrons. The molecule has 4 rings (SSSR count). The summed E-state index contributed by atoms with van der Waals surface area (Å²) in [6, 6.07) is 5.66. The van der Waals surface area contributed by atoms with Crippen LogP contribution in [0, 0.1) is 0 Å². The van der Waals surface area contributed by atoms with Crippen LogP contribution in [0.1, 0.15) is 22.6 Å². The van der Waals surface area contributed by atoms with E-state index in [1.54, 1.807) is 18.5 Å². The van der Waals surface area contributed by atoms with Crippen LogP contribution in [0.3, 0.4) is 0 Å². The molecule has 0 aliphatic carbocycles. The Morgan fingerprint density at radius 2 is 1.81 bits per heavy atom. The van der Waals surface area contributed by atoms with Crippen LogP contribution in [0.25, 0.3) is 0 Å². The van der Waals surface area contributed by atoms with Crippen LogP contribution in [-0.4, -0.2) is 26.3 Å². The second-order valence-electron chi connectivity index (χ2n) is 6.29. The molecule has 1 aliphatic heterocycles. The van der Waals surface area contributed by atoms with E-state index in [2.05, 4.69) is 15.2 Å². The molecule has 0 unspecified atom stereocenters. The van der Waals surface area contributed by atoms with Gasteiger partial charge in [0.2, 0.25) is 0 Å². The molecule has 2 aromatic heterocycles. The summed E-state index contributed by atoms with van der Waals surface area (Å²) in [6.45, 7) is 1.77. The van der Waals surface area contributed by atoms with Crippen LogP contribution < -0.4 is 4.90 Å². The first kappa shape index (κ1) is 17.8. The zero-order valence-electron chi connectivity index (χ0n) is 14.1. The summed E-state index contributed by atoms with van der Waals surface area (Å²) < 4.78 is 41.7. The molecule has 0 atom stereocenters. The first-order valence-corrected chi connectivity index (χ1v) is 8.71. The molecule has 5 nitrogen and oxygen atoms in total. The maximum atomic E-state index is 13.2. The zero-order chi connectivity index (χ0) is 19.0. The van der Waals surface area contributed by atoms with Crippen molar-refractivity contribution in [3.63, 3.8) is 0 Å². The standard InChI is InChI=1S/C18H15ClF3N5/c19-15-9-24-25-10-16(15)26-5-6-27-13(8-23-17(27)11-26)7-12-3-1-2-4-14(12)18(20,21)22/h1-4,8-10H,5-7,11H2. The fourth-order valence-electron chi connectivity index (χ4n) is 3.35. The van der Waals surface area contributed by atoms with Crippen molar-refractivity contribution in [3.05, 3.63) is 70.5 Å². The summed E-state index contributed by atoms with van der Waals surface area (Å²) in [4.78, 5) is 6.45. The van der Waals surface area contributed by atoms with Crippen LogP contribution in [0.15, 0.2) is 42.9 Å². The molecule has 27 heavy (non-hydrogen) atoms. The highest BCUT2D eigenvalue weighted by Crippen LogP contribution is 2.33. The fourth-order valence-corrected chi connectivity index (χ4v) is 3.56. The van der Waals surface area contributed by atoms with Gasteiger partial charge in [-0.2, -0.15) is 23.4 Å². The first-order chi connectivity index (χ1) is 12.9. The molecular formula is C18H15ClF3N5. The third-order valence-corrected chi connectivity index (χ3v) is 4.94. The molecule has 0 saturated heterocycles. The molecule has 9 heteroatoms. The van der Waals surface area contributed by atoms with Gasteiger partial charge in [0.15, 0.2) is 0 Å². The van der Waals surface area contributed by atoms with Gasteiger partial charge in [0, 0.05) is 31.4 Å². The Labute approximate surface area is 158 Å². The van der Waals surface area contributed by atoms with E-state index in [0.717, 1.165) is 23.3 Å². The van der Waals surface area contributed by atoms with E-state index in [4.69, 9.17) is 11.6 Å². The number of rotatable bonds is 3. The molecule has 0 spiro atoms. The number of anilines is 1. The lowest BCUT2D eigenvalue weighted by Crippen LogP contribution is -2.34. The third kappa shape index (κ3) is 3.49. The SMILES string of the molecule is FC(F)(F)c1ccccc1Cc1cnc2n1CCN(c1cnncc1Cl)C2. The quantitative estimate of drug-likeness (QED) is 0.676. The predicted octanol–water partition coefficient (Wildman–Crippen LogP) is 3.96. The van der Waals surface area contributed by atoms with Gasteiger partial charge in [0.25, 0.3) is 0 Å². The number of hydrogen-bond acceptors (Lipinski definition) is 4. The minimum Gasteiger partial charge on any atom is -0.360 e. The number of fused-ring (bicyclic) bond motifs is 1. The zero-order valence-corrected chi connectivity index (χ0v) is 14.9. The average molecular weight is 394 g/mol. The Kier molecular flexibility index (Phi) is 4.51. The molecule has 0 bridgehead atoms. The highest BCUT2D eigenvalue weighted by molar-refractivity contribution is 6.33. The van der Waals surface area contributed by atoms with E-state index in [-0.39, 0.29) is 12.0 Å². The highest BCUT2D eigenvalue weighted by atomic mass is 35.5. The van der Waals surface area contributed by atoms with Gasteiger partial charge in [0.1, 0.15) is 5.82 Å². The van der Waals surface area contributed by atoms with Gasteiger partial charge in [-0.1, -0.05) is 29.8 Å². The molecule has 0 radical (unpaired) electrons. The van der Waals surface area contributed by atoms with Crippen LogP contribution in [-0.2, 0) is 25.7 Å². The van der Waals surface area contributed by atoms with Gasteiger partial charge < -0.3 is 9.47 Å². The molecule has 0 amide bonds. The minimum atomic E-state index is -4.37. The number of halogens is 4. The van der Waals surface area contributed by atoms with Crippen LogP contribution in [0.4, 0.5) is 18.9 Å². The lowest BCUT2D eigenvalue weighted by molar-refractivity contribution is -0.138. The predicted molar refractivity (Wildman–Crippen MR) is 94.6 cm³/mol. The Hall–Kier alpha value is -2.61. The van der Waals surface area contributed by atoms with E-state index >= 15 is 0 Å². The fraction of sp³-hybridized carbons (Fsp3) is 0.278. The number of alkyl halides is 3. The van der Waals surface area contributed by atoms with Gasteiger partial charge in [-0.05, 0) is 11.6 Å². The number of aromatic nitrogens is 4. The second kappa shape index (κ2) is 6.84. The molecule has 0 fully saturated rings. The number of hydrogen-bond donors (Lipinski definition) is 0. The van der Waals surface area contributed by atoms with E-state index < -0.39 is 11.7 Å². The van der Waals surface area contributed by atoms with Crippen molar-refractivity contribution in [3.8, 4) is 0 Å². The molecule has 0 saturated carbocycles. The van der Waals surface area contributed by atoms with Crippen molar-refractivity contribution in [1.29, 1.82) is 0 Å². The number of benzene rings is 1. The van der Waals surface area contributed by atoms with Crippen molar-refractivity contribution < 1.29 is 13.2 Å². The second-order valence-corrected chi connectivity index (χ2v) is 6.70. The normalized spacial score (nSPS) is 14.3. The largest absolute Gasteiger partial charge is 0.416 e. The van der Waals surface area contributed by atoms with Crippen molar-refractivity contribution in [2.75, 3.05) is 11.4 Å². The lowest BCUT2D eigenvalue weighted by atomic mass is 10.0. The molecule has 1 aromatic carbocycles.